The number of likely N-dealkylation sites (tertiary alicyclic amines) is 1. The SMILES string of the molecule is CCC(S)CCN1CCC1. The molecule has 0 aromatic rings. The molecule has 1 saturated heterocycles. The molecule has 0 radical (unpaired) electrons. The lowest BCUT2D eigenvalue weighted by Crippen LogP contribution is -2.38. The van der Waals surface area contributed by atoms with Crippen LogP contribution in [0.4, 0.5) is 0 Å². The van der Waals surface area contributed by atoms with Crippen LogP contribution in [0.25, 0.3) is 0 Å². The molecule has 1 nitrogen and oxygen atoms in total. The average molecular weight is 159 g/mol. The summed E-state index contributed by atoms with van der Waals surface area (Å²) in [6, 6.07) is 0. The van der Waals surface area contributed by atoms with Gasteiger partial charge in [-0.15, -0.1) is 0 Å². The highest BCUT2D eigenvalue weighted by Gasteiger charge is 2.13. The maximum absolute atomic E-state index is 4.44. The van der Waals surface area contributed by atoms with Crippen molar-refractivity contribution < 1.29 is 0 Å². The van der Waals surface area contributed by atoms with Gasteiger partial charge in [-0.05, 0) is 38.9 Å². The summed E-state index contributed by atoms with van der Waals surface area (Å²) in [5.41, 5.74) is 0. The van der Waals surface area contributed by atoms with Crippen molar-refractivity contribution in [2.24, 2.45) is 0 Å². The van der Waals surface area contributed by atoms with Crippen LogP contribution in [-0.4, -0.2) is 29.8 Å². The van der Waals surface area contributed by atoms with E-state index in [0.29, 0.717) is 5.25 Å². The fourth-order valence-electron chi connectivity index (χ4n) is 1.14. The summed E-state index contributed by atoms with van der Waals surface area (Å²) in [5, 5.41) is 0.626. The van der Waals surface area contributed by atoms with Crippen LogP contribution in [-0.2, 0) is 0 Å². The third-order valence-electron chi connectivity index (χ3n) is 2.20. The molecule has 1 rings (SSSR count). The molecule has 1 fully saturated rings. The number of hydrogen-bond donors (Lipinski definition) is 1. The lowest BCUT2D eigenvalue weighted by molar-refractivity contribution is 0.179. The van der Waals surface area contributed by atoms with Crippen molar-refractivity contribution in [1.29, 1.82) is 0 Å². The van der Waals surface area contributed by atoms with E-state index in [2.05, 4.69) is 24.5 Å². The second-order valence-electron chi connectivity index (χ2n) is 3.05. The van der Waals surface area contributed by atoms with E-state index in [4.69, 9.17) is 0 Å². The summed E-state index contributed by atoms with van der Waals surface area (Å²) in [7, 11) is 0. The van der Waals surface area contributed by atoms with Crippen LogP contribution in [0, 0.1) is 0 Å². The van der Waals surface area contributed by atoms with E-state index in [1.165, 1.54) is 38.9 Å². The molecule has 10 heavy (non-hydrogen) atoms. The van der Waals surface area contributed by atoms with Crippen LogP contribution in [0.1, 0.15) is 26.2 Å². The maximum Gasteiger partial charge on any atom is 0.00263 e. The molecule has 1 unspecified atom stereocenters. The van der Waals surface area contributed by atoms with Crippen molar-refractivity contribution in [2.75, 3.05) is 19.6 Å². The van der Waals surface area contributed by atoms with Gasteiger partial charge in [-0.1, -0.05) is 6.92 Å². The van der Waals surface area contributed by atoms with Crippen LogP contribution in [0.3, 0.4) is 0 Å². The van der Waals surface area contributed by atoms with Gasteiger partial charge >= 0.3 is 0 Å². The molecule has 0 aromatic heterocycles. The van der Waals surface area contributed by atoms with E-state index < -0.39 is 0 Å². The average Bonchev–Trinajstić information content (AvgIpc) is 1.84. The molecule has 0 N–H and O–H groups in total. The summed E-state index contributed by atoms with van der Waals surface area (Å²) in [6.45, 7) is 6.12. The van der Waals surface area contributed by atoms with Crippen molar-refractivity contribution in [1.82, 2.24) is 4.90 Å². The Bertz CT molecular complexity index is 86.5. The van der Waals surface area contributed by atoms with Crippen LogP contribution in [0.15, 0.2) is 0 Å². The van der Waals surface area contributed by atoms with Gasteiger partial charge in [0.1, 0.15) is 0 Å². The smallest absolute Gasteiger partial charge is 0.00263 e. The Morgan fingerprint density at radius 2 is 2.20 bits per heavy atom. The molecule has 1 heterocycles. The van der Waals surface area contributed by atoms with Gasteiger partial charge in [0.05, 0.1) is 0 Å². The lowest BCUT2D eigenvalue weighted by Gasteiger charge is -2.31. The van der Waals surface area contributed by atoms with Crippen molar-refractivity contribution in [3.63, 3.8) is 0 Å². The standard InChI is InChI=1S/C8H17NS/c1-2-8(10)4-7-9-5-3-6-9/h8,10H,2-7H2,1H3. The summed E-state index contributed by atoms with van der Waals surface area (Å²) in [4.78, 5) is 2.50. The first-order valence-corrected chi connectivity index (χ1v) is 4.75. The van der Waals surface area contributed by atoms with Gasteiger partial charge in [0.15, 0.2) is 0 Å². The Balaban J connectivity index is 1.93. The third-order valence-corrected chi connectivity index (χ3v) is 2.82. The van der Waals surface area contributed by atoms with Crippen LogP contribution < -0.4 is 0 Å². The first-order chi connectivity index (χ1) is 4.83. The molecule has 0 amide bonds. The predicted octanol–water partition coefficient (Wildman–Crippen LogP) is 1.79. The van der Waals surface area contributed by atoms with Gasteiger partial charge in [-0.2, -0.15) is 12.6 Å². The molecular formula is C8H17NS. The Morgan fingerprint density at radius 1 is 1.50 bits per heavy atom. The molecule has 1 atom stereocenters. The molecule has 0 aromatic carbocycles. The Kier molecular flexibility index (Phi) is 3.57. The van der Waals surface area contributed by atoms with E-state index in [9.17, 15) is 0 Å². The van der Waals surface area contributed by atoms with E-state index in [1.54, 1.807) is 0 Å². The minimum absolute atomic E-state index is 0.626. The molecule has 0 bridgehead atoms. The van der Waals surface area contributed by atoms with Crippen molar-refractivity contribution in [3.05, 3.63) is 0 Å². The lowest BCUT2D eigenvalue weighted by atomic mass is 10.2. The zero-order valence-corrected chi connectivity index (χ0v) is 7.61. The highest BCUT2D eigenvalue weighted by molar-refractivity contribution is 7.80. The minimum Gasteiger partial charge on any atom is -0.303 e. The Hall–Kier alpha value is 0.310. The molecule has 0 saturated carbocycles. The molecule has 2 heteroatoms. The van der Waals surface area contributed by atoms with Crippen LogP contribution >= 0.6 is 12.6 Å². The third kappa shape index (κ3) is 2.51. The highest BCUT2D eigenvalue weighted by atomic mass is 32.1. The topological polar surface area (TPSA) is 3.24 Å². The highest BCUT2D eigenvalue weighted by Crippen LogP contribution is 2.11. The zero-order valence-electron chi connectivity index (χ0n) is 6.71. The molecular weight excluding hydrogens is 142 g/mol. The fourth-order valence-corrected chi connectivity index (χ4v) is 1.26. The summed E-state index contributed by atoms with van der Waals surface area (Å²) in [6.07, 6.45) is 3.87. The zero-order chi connectivity index (χ0) is 7.40. The normalized spacial score (nSPS) is 22.2. The fraction of sp³-hybridized carbons (Fsp3) is 1.00. The quantitative estimate of drug-likeness (QED) is 0.612. The van der Waals surface area contributed by atoms with E-state index >= 15 is 0 Å². The molecule has 60 valence electrons. The second kappa shape index (κ2) is 4.24. The number of rotatable bonds is 4. The maximum atomic E-state index is 4.44. The van der Waals surface area contributed by atoms with Crippen molar-refractivity contribution in [3.8, 4) is 0 Å². The monoisotopic (exact) mass is 159 g/mol. The van der Waals surface area contributed by atoms with E-state index in [1.807, 2.05) is 0 Å². The number of thiol groups is 1. The van der Waals surface area contributed by atoms with Gasteiger partial charge in [0.25, 0.3) is 0 Å². The van der Waals surface area contributed by atoms with Crippen molar-refractivity contribution >= 4 is 12.6 Å². The minimum atomic E-state index is 0.626. The number of hydrogen-bond acceptors (Lipinski definition) is 2. The second-order valence-corrected chi connectivity index (χ2v) is 3.78. The molecule has 0 spiro atoms. The van der Waals surface area contributed by atoms with Gasteiger partial charge in [-0.25, -0.2) is 0 Å². The van der Waals surface area contributed by atoms with Crippen LogP contribution in [0.5, 0.6) is 0 Å². The first-order valence-electron chi connectivity index (χ1n) is 4.23. The van der Waals surface area contributed by atoms with Gasteiger partial charge in [-0.3, -0.25) is 0 Å². The molecule has 1 aliphatic rings. The largest absolute Gasteiger partial charge is 0.303 e. The molecule has 1 aliphatic heterocycles. The Morgan fingerprint density at radius 3 is 2.60 bits per heavy atom. The van der Waals surface area contributed by atoms with E-state index in [0.717, 1.165) is 0 Å². The van der Waals surface area contributed by atoms with Gasteiger partial charge < -0.3 is 4.90 Å². The number of nitrogens with zero attached hydrogens (tertiary/aromatic N) is 1. The van der Waals surface area contributed by atoms with Gasteiger partial charge in [0, 0.05) is 5.25 Å². The van der Waals surface area contributed by atoms with Crippen LogP contribution in [0.2, 0.25) is 0 Å². The van der Waals surface area contributed by atoms with Gasteiger partial charge in [0.2, 0.25) is 0 Å². The predicted molar refractivity (Wildman–Crippen MR) is 48.7 cm³/mol. The Labute approximate surface area is 69.2 Å². The summed E-state index contributed by atoms with van der Waals surface area (Å²) >= 11 is 4.44. The van der Waals surface area contributed by atoms with E-state index in [-0.39, 0.29) is 0 Å². The first kappa shape index (κ1) is 8.41. The summed E-state index contributed by atoms with van der Waals surface area (Å²) < 4.78 is 0. The molecule has 0 aliphatic carbocycles. The van der Waals surface area contributed by atoms with Crippen molar-refractivity contribution in [2.45, 2.75) is 31.4 Å². The summed E-state index contributed by atoms with van der Waals surface area (Å²) in [5.74, 6) is 0.